The Kier molecular flexibility index (Phi) is 6.52. The Bertz CT molecular complexity index is 918. The zero-order chi connectivity index (χ0) is 18.3. The van der Waals surface area contributed by atoms with Crippen molar-refractivity contribution in [2.45, 2.75) is 4.90 Å². The van der Waals surface area contributed by atoms with Gasteiger partial charge >= 0.3 is 0 Å². The number of nitrogens with zero attached hydrogens (tertiary/aromatic N) is 1. The number of benzene rings is 2. The molecule has 2 rings (SSSR count). The molecular formula is C16H13BrN2O5S. The van der Waals surface area contributed by atoms with E-state index < -0.39 is 14.9 Å². The molecular weight excluding hydrogens is 412 g/mol. The van der Waals surface area contributed by atoms with Gasteiger partial charge in [-0.25, -0.2) is 8.42 Å². The van der Waals surface area contributed by atoms with Gasteiger partial charge in [-0.2, -0.15) is 4.72 Å². The molecule has 0 radical (unpaired) electrons. The number of ether oxygens (including phenoxy) is 1. The molecule has 130 valence electrons. The number of nitro groups is 1. The van der Waals surface area contributed by atoms with E-state index in [0.717, 1.165) is 16.6 Å². The molecule has 1 N–H and O–H groups in total. The smallest absolute Gasteiger partial charge is 0.269 e. The molecule has 0 spiro atoms. The van der Waals surface area contributed by atoms with Crippen LogP contribution in [0.5, 0.6) is 5.75 Å². The van der Waals surface area contributed by atoms with Gasteiger partial charge in [-0.15, -0.1) is 0 Å². The van der Waals surface area contributed by atoms with Gasteiger partial charge in [0.25, 0.3) is 5.69 Å². The van der Waals surface area contributed by atoms with Gasteiger partial charge in [0.15, 0.2) is 0 Å². The number of rotatable bonds is 6. The fourth-order valence-corrected chi connectivity index (χ4v) is 3.05. The third-order valence-corrected chi connectivity index (χ3v) is 4.85. The fraction of sp³-hybridized carbons (Fsp3) is 0.125. The molecule has 25 heavy (non-hydrogen) atoms. The van der Waals surface area contributed by atoms with Crippen molar-refractivity contribution in [1.82, 2.24) is 4.72 Å². The number of halogens is 1. The van der Waals surface area contributed by atoms with Gasteiger partial charge in [0, 0.05) is 16.6 Å². The summed E-state index contributed by atoms with van der Waals surface area (Å²) < 4.78 is 32.6. The van der Waals surface area contributed by atoms with Crippen LogP contribution >= 0.6 is 15.9 Å². The average Bonchev–Trinajstić information content (AvgIpc) is 2.58. The van der Waals surface area contributed by atoms with E-state index in [2.05, 4.69) is 32.5 Å². The van der Waals surface area contributed by atoms with E-state index in [-0.39, 0.29) is 23.7 Å². The molecule has 0 aromatic heterocycles. The zero-order valence-corrected chi connectivity index (χ0v) is 15.2. The minimum absolute atomic E-state index is 0.0646. The fourth-order valence-electron chi connectivity index (χ4n) is 1.75. The highest BCUT2D eigenvalue weighted by Crippen LogP contribution is 2.17. The first-order valence-electron chi connectivity index (χ1n) is 6.97. The maximum atomic E-state index is 12.0. The van der Waals surface area contributed by atoms with Crippen LogP contribution in [0.4, 0.5) is 5.69 Å². The predicted octanol–water partition coefficient (Wildman–Crippen LogP) is 2.72. The third-order valence-electron chi connectivity index (χ3n) is 2.94. The Labute approximate surface area is 153 Å². The third kappa shape index (κ3) is 5.86. The van der Waals surface area contributed by atoms with Crippen molar-refractivity contribution in [3.63, 3.8) is 0 Å². The predicted molar refractivity (Wildman–Crippen MR) is 95.7 cm³/mol. The van der Waals surface area contributed by atoms with Gasteiger partial charge in [-0.3, -0.25) is 10.1 Å². The van der Waals surface area contributed by atoms with Crippen molar-refractivity contribution in [3.05, 3.63) is 63.1 Å². The molecule has 0 heterocycles. The summed E-state index contributed by atoms with van der Waals surface area (Å²) >= 11 is 3.32. The van der Waals surface area contributed by atoms with Gasteiger partial charge in [-0.1, -0.05) is 33.8 Å². The van der Waals surface area contributed by atoms with E-state index in [1.807, 2.05) is 12.1 Å². The van der Waals surface area contributed by atoms with E-state index >= 15 is 0 Å². The lowest BCUT2D eigenvalue weighted by atomic mass is 10.3. The maximum absolute atomic E-state index is 12.0. The number of sulfonamides is 1. The van der Waals surface area contributed by atoms with Gasteiger partial charge in [0.05, 0.1) is 16.4 Å². The Hall–Kier alpha value is -2.41. The highest BCUT2D eigenvalue weighted by molar-refractivity contribution is 9.10. The van der Waals surface area contributed by atoms with Crippen LogP contribution in [0.3, 0.4) is 0 Å². The van der Waals surface area contributed by atoms with Gasteiger partial charge < -0.3 is 4.74 Å². The standard InChI is InChI=1S/C16H13BrN2O5S/c17-13-4-3-5-15(12-13)24-11-2-1-10-18-25(22,23)16-8-6-14(7-9-16)19(20)21/h3-9,12,18H,10-11H2. The second-order valence-corrected chi connectivity index (χ2v) is 7.36. The summed E-state index contributed by atoms with van der Waals surface area (Å²) in [5, 5.41) is 10.6. The normalized spacial score (nSPS) is 10.6. The van der Waals surface area contributed by atoms with Crippen molar-refractivity contribution in [3.8, 4) is 17.6 Å². The molecule has 0 bridgehead atoms. The van der Waals surface area contributed by atoms with E-state index in [0.29, 0.717) is 5.75 Å². The highest BCUT2D eigenvalue weighted by Gasteiger charge is 2.14. The van der Waals surface area contributed by atoms with E-state index in [9.17, 15) is 18.5 Å². The Morgan fingerprint density at radius 1 is 1.16 bits per heavy atom. The molecule has 9 heteroatoms. The Balaban J connectivity index is 1.85. The van der Waals surface area contributed by atoms with Crippen LogP contribution in [0.2, 0.25) is 0 Å². The largest absolute Gasteiger partial charge is 0.481 e. The SMILES string of the molecule is O=[N+]([O-])c1ccc(S(=O)(=O)NCC#CCOc2cccc(Br)c2)cc1. The van der Waals surface area contributed by atoms with Gasteiger partial charge in [-0.05, 0) is 30.3 Å². The molecule has 7 nitrogen and oxygen atoms in total. The lowest BCUT2D eigenvalue weighted by Crippen LogP contribution is -2.24. The van der Waals surface area contributed by atoms with E-state index in [1.54, 1.807) is 12.1 Å². The molecule has 0 atom stereocenters. The van der Waals surface area contributed by atoms with E-state index in [4.69, 9.17) is 4.74 Å². The molecule has 0 saturated carbocycles. The number of nitro benzene ring substituents is 1. The first-order valence-corrected chi connectivity index (χ1v) is 9.24. The van der Waals surface area contributed by atoms with Crippen LogP contribution in [0.25, 0.3) is 0 Å². The number of non-ortho nitro benzene ring substituents is 1. The summed E-state index contributed by atoms with van der Waals surface area (Å²) in [6, 6.07) is 11.9. The molecule has 0 fully saturated rings. The lowest BCUT2D eigenvalue weighted by molar-refractivity contribution is -0.384. The van der Waals surface area contributed by atoms with Crippen LogP contribution in [0.15, 0.2) is 57.9 Å². The average molecular weight is 425 g/mol. The quantitative estimate of drug-likeness (QED) is 0.436. The first kappa shape index (κ1) is 18.9. The molecule has 2 aromatic rings. The van der Waals surface area contributed by atoms with Crippen molar-refractivity contribution in [1.29, 1.82) is 0 Å². The Morgan fingerprint density at radius 2 is 1.88 bits per heavy atom. The number of nitrogens with one attached hydrogen (secondary N) is 1. The summed E-state index contributed by atoms with van der Waals surface area (Å²) in [5.74, 6) is 5.99. The molecule has 2 aromatic carbocycles. The van der Waals surface area contributed by atoms with E-state index in [1.165, 1.54) is 12.1 Å². The van der Waals surface area contributed by atoms with Crippen molar-refractivity contribution in [2.24, 2.45) is 0 Å². The molecule has 0 unspecified atom stereocenters. The number of hydrogen-bond acceptors (Lipinski definition) is 5. The second kappa shape index (κ2) is 8.62. The van der Waals surface area contributed by atoms with Crippen LogP contribution in [0, 0.1) is 22.0 Å². The summed E-state index contributed by atoms with van der Waals surface area (Å²) in [4.78, 5) is 9.90. The lowest BCUT2D eigenvalue weighted by Gasteiger charge is -2.03. The molecule has 0 saturated heterocycles. The maximum Gasteiger partial charge on any atom is 0.269 e. The molecule has 0 aliphatic rings. The molecule has 0 aliphatic carbocycles. The summed E-state index contributed by atoms with van der Waals surface area (Å²) in [6.45, 7) is 0.0247. The van der Waals surface area contributed by atoms with Crippen LogP contribution in [0.1, 0.15) is 0 Å². The second-order valence-electron chi connectivity index (χ2n) is 4.68. The zero-order valence-electron chi connectivity index (χ0n) is 12.8. The van der Waals surface area contributed by atoms with Gasteiger partial charge in [0.1, 0.15) is 12.4 Å². The highest BCUT2D eigenvalue weighted by atomic mass is 79.9. The minimum atomic E-state index is -3.77. The monoisotopic (exact) mass is 424 g/mol. The summed E-state index contributed by atoms with van der Waals surface area (Å²) in [7, 11) is -3.77. The Morgan fingerprint density at radius 3 is 2.52 bits per heavy atom. The van der Waals surface area contributed by atoms with Crippen LogP contribution < -0.4 is 9.46 Å². The minimum Gasteiger partial charge on any atom is -0.481 e. The summed E-state index contributed by atoms with van der Waals surface area (Å²) in [6.07, 6.45) is 0. The van der Waals surface area contributed by atoms with Gasteiger partial charge in [0.2, 0.25) is 10.0 Å². The topological polar surface area (TPSA) is 98.5 Å². The first-order chi connectivity index (χ1) is 11.9. The van der Waals surface area contributed by atoms with Crippen LogP contribution in [-0.4, -0.2) is 26.5 Å². The van der Waals surface area contributed by atoms with Crippen molar-refractivity contribution < 1.29 is 18.1 Å². The molecule has 0 amide bonds. The summed E-state index contributed by atoms with van der Waals surface area (Å²) in [5.41, 5.74) is -0.177. The van der Waals surface area contributed by atoms with Crippen molar-refractivity contribution >= 4 is 31.6 Å². The molecule has 0 aliphatic heterocycles. The van der Waals surface area contributed by atoms with Crippen LogP contribution in [-0.2, 0) is 10.0 Å². The van der Waals surface area contributed by atoms with Crippen molar-refractivity contribution in [2.75, 3.05) is 13.2 Å². The number of hydrogen-bond donors (Lipinski definition) is 1.